The number of nitrogens with zero attached hydrogens (tertiary/aromatic N) is 4. The summed E-state index contributed by atoms with van der Waals surface area (Å²) in [5, 5.41) is 4.02. The lowest BCUT2D eigenvalue weighted by Crippen LogP contribution is -2.14. The predicted molar refractivity (Wildman–Crippen MR) is 106 cm³/mol. The predicted octanol–water partition coefficient (Wildman–Crippen LogP) is 4.81. The molecule has 6 heteroatoms. The van der Waals surface area contributed by atoms with E-state index in [9.17, 15) is 0 Å². The molecule has 0 saturated heterocycles. The van der Waals surface area contributed by atoms with Crippen molar-refractivity contribution in [3.8, 4) is 16.9 Å². The van der Waals surface area contributed by atoms with E-state index < -0.39 is 0 Å². The molecule has 27 heavy (non-hydrogen) atoms. The van der Waals surface area contributed by atoms with Crippen molar-refractivity contribution in [1.29, 1.82) is 0 Å². The summed E-state index contributed by atoms with van der Waals surface area (Å²) in [5.74, 6) is 1.70. The van der Waals surface area contributed by atoms with Crippen molar-refractivity contribution in [3.63, 3.8) is 0 Å². The normalized spacial score (nSPS) is 11.7. The molecule has 3 aromatic heterocycles. The van der Waals surface area contributed by atoms with E-state index in [1.165, 1.54) is 0 Å². The summed E-state index contributed by atoms with van der Waals surface area (Å²) >= 11 is 0. The summed E-state index contributed by atoms with van der Waals surface area (Å²) in [4.78, 5) is 8.19. The summed E-state index contributed by atoms with van der Waals surface area (Å²) in [6.07, 6.45) is 5.37. The SMILES string of the molecule is CC.Cc1noc(C)c1-c1ccc2ncn3c2c1OCC3.c1ccncc1. The van der Waals surface area contributed by atoms with Gasteiger partial charge in [0.1, 0.15) is 17.9 Å². The molecule has 0 N–H and O–H groups in total. The van der Waals surface area contributed by atoms with Crippen LogP contribution in [0.4, 0.5) is 0 Å². The van der Waals surface area contributed by atoms with Gasteiger partial charge >= 0.3 is 0 Å². The number of rotatable bonds is 1. The Bertz CT molecular complexity index is 960. The van der Waals surface area contributed by atoms with Crippen LogP contribution in [-0.2, 0) is 6.54 Å². The molecule has 0 bridgehead atoms. The molecule has 0 radical (unpaired) electrons. The van der Waals surface area contributed by atoms with Gasteiger partial charge in [0.05, 0.1) is 29.6 Å². The molecule has 1 aliphatic heterocycles. The highest BCUT2D eigenvalue weighted by Crippen LogP contribution is 2.40. The van der Waals surface area contributed by atoms with Crippen molar-refractivity contribution in [2.45, 2.75) is 34.2 Å². The number of hydrogen-bond donors (Lipinski definition) is 0. The number of imidazole rings is 1. The number of ether oxygens (including phenoxy) is 1. The van der Waals surface area contributed by atoms with Crippen LogP contribution in [0.1, 0.15) is 25.3 Å². The van der Waals surface area contributed by atoms with E-state index in [1.807, 2.05) is 64.4 Å². The van der Waals surface area contributed by atoms with Crippen LogP contribution in [-0.4, -0.2) is 26.3 Å². The number of hydrogen-bond acceptors (Lipinski definition) is 5. The maximum Gasteiger partial charge on any atom is 0.153 e. The highest BCUT2D eigenvalue weighted by Gasteiger charge is 2.22. The van der Waals surface area contributed by atoms with Crippen LogP contribution in [0.3, 0.4) is 0 Å². The van der Waals surface area contributed by atoms with E-state index in [2.05, 4.69) is 19.7 Å². The van der Waals surface area contributed by atoms with Crippen LogP contribution in [0.5, 0.6) is 5.75 Å². The van der Waals surface area contributed by atoms with Crippen LogP contribution in [0.2, 0.25) is 0 Å². The summed E-state index contributed by atoms with van der Waals surface area (Å²) < 4.78 is 13.3. The van der Waals surface area contributed by atoms with Crippen molar-refractivity contribution in [2.75, 3.05) is 6.61 Å². The lowest BCUT2D eigenvalue weighted by molar-refractivity contribution is 0.288. The van der Waals surface area contributed by atoms with Gasteiger partial charge in [0, 0.05) is 18.0 Å². The third-order valence-electron chi connectivity index (χ3n) is 4.18. The van der Waals surface area contributed by atoms with Gasteiger partial charge in [-0.2, -0.15) is 0 Å². The largest absolute Gasteiger partial charge is 0.489 e. The second-order valence-electron chi connectivity index (χ2n) is 5.82. The Morgan fingerprint density at radius 2 is 1.81 bits per heavy atom. The van der Waals surface area contributed by atoms with Crippen LogP contribution < -0.4 is 4.74 Å². The van der Waals surface area contributed by atoms with Gasteiger partial charge in [-0.1, -0.05) is 25.1 Å². The molecule has 4 aromatic rings. The minimum absolute atomic E-state index is 0.666. The Morgan fingerprint density at radius 1 is 1.04 bits per heavy atom. The van der Waals surface area contributed by atoms with Crippen LogP contribution in [0, 0.1) is 13.8 Å². The van der Waals surface area contributed by atoms with Gasteiger partial charge in [0.15, 0.2) is 5.75 Å². The summed E-state index contributed by atoms with van der Waals surface area (Å²) in [6, 6.07) is 9.77. The molecule has 5 rings (SSSR count). The number of benzene rings is 1. The lowest BCUT2D eigenvalue weighted by atomic mass is 10.0. The first kappa shape index (κ1) is 18.6. The fourth-order valence-electron chi connectivity index (χ4n) is 3.07. The summed E-state index contributed by atoms with van der Waals surface area (Å²) in [6.45, 7) is 9.38. The smallest absolute Gasteiger partial charge is 0.153 e. The van der Waals surface area contributed by atoms with Gasteiger partial charge in [-0.3, -0.25) is 4.98 Å². The van der Waals surface area contributed by atoms with E-state index in [4.69, 9.17) is 9.26 Å². The molecule has 6 nitrogen and oxygen atoms in total. The zero-order chi connectivity index (χ0) is 19.2. The highest BCUT2D eigenvalue weighted by molar-refractivity contribution is 5.92. The fraction of sp³-hybridized carbons (Fsp3) is 0.286. The van der Waals surface area contributed by atoms with Gasteiger partial charge in [-0.25, -0.2) is 4.98 Å². The molecule has 4 heterocycles. The van der Waals surface area contributed by atoms with Gasteiger partial charge in [-0.15, -0.1) is 0 Å². The van der Waals surface area contributed by atoms with Crippen molar-refractivity contribution >= 4 is 11.0 Å². The number of aromatic nitrogens is 4. The molecule has 0 saturated carbocycles. The van der Waals surface area contributed by atoms with E-state index >= 15 is 0 Å². The molecule has 0 atom stereocenters. The molecule has 0 amide bonds. The Morgan fingerprint density at radius 3 is 2.41 bits per heavy atom. The van der Waals surface area contributed by atoms with E-state index in [-0.39, 0.29) is 0 Å². The van der Waals surface area contributed by atoms with Crippen molar-refractivity contribution in [2.24, 2.45) is 0 Å². The zero-order valence-electron chi connectivity index (χ0n) is 16.1. The third-order valence-corrected chi connectivity index (χ3v) is 4.18. The maximum absolute atomic E-state index is 5.89. The quantitative estimate of drug-likeness (QED) is 0.485. The molecule has 0 unspecified atom stereocenters. The zero-order valence-corrected chi connectivity index (χ0v) is 16.1. The molecule has 1 aliphatic rings. The average molecular weight is 364 g/mol. The Hall–Kier alpha value is -3.15. The third kappa shape index (κ3) is 3.69. The van der Waals surface area contributed by atoms with Crippen molar-refractivity contribution in [1.82, 2.24) is 19.7 Å². The van der Waals surface area contributed by atoms with E-state index in [0.717, 1.165) is 45.9 Å². The first-order valence-corrected chi connectivity index (χ1v) is 9.14. The molecular weight excluding hydrogens is 340 g/mol. The van der Waals surface area contributed by atoms with Gasteiger partial charge < -0.3 is 13.8 Å². The Balaban J connectivity index is 0.000000223. The summed E-state index contributed by atoms with van der Waals surface area (Å²) in [5.41, 5.74) is 4.96. The molecule has 0 spiro atoms. The Kier molecular flexibility index (Phi) is 5.86. The van der Waals surface area contributed by atoms with E-state index in [1.54, 1.807) is 12.4 Å². The average Bonchev–Trinajstić information content (AvgIpc) is 3.30. The lowest BCUT2D eigenvalue weighted by Gasteiger charge is -2.19. The molecular formula is C21H24N4O2. The summed E-state index contributed by atoms with van der Waals surface area (Å²) in [7, 11) is 0. The van der Waals surface area contributed by atoms with Crippen molar-refractivity contribution < 1.29 is 9.26 Å². The van der Waals surface area contributed by atoms with Crippen LogP contribution in [0.25, 0.3) is 22.2 Å². The molecule has 1 aromatic carbocycles. The van der Waals surface area contributed by atoms with Crippen LogP contribution >= 0.6 is 0 Å². The highest BCUT2D eigenvalue weighted by atomic mass is 16.5. The minimum atomic E-state index is 0.666. The van der Waals surface area contributed by atoms with Crippen LogP contribution in [0.15, 0.2) is 53.6 Å². The van der Waals surface area contributed by atoms with E-state index in [0.29, 0.717) is 6.61 Å². The van der Waals surface area contributed by atoms with Crippen molar-refractivity contribution in [3.05, 3.63) is 60.5 Å². The van der Waals surface area contributed by atoms with Gasteiger partial charge in [0.2, 0.25) is 0 Å². The second kappa shape index (κ2) is 8.49. The first-order valence-electron chi connectivity index (χ1n) is 9.14. The Labute approximate surface area is 158 Å². The molecule has 140 valence electrons. The maximum atomic E-state index is 5.89. The second-order valence-corrected chi connectivity index (χ2v) is 5.82. The standard InChI is InChI=1S/C14H13N3O2.C5H5N.C2H6/c1-8-12(9(2)19-16-8)10-3-4-11-13-14(10)18-6-5-17(13)7-15-11;1-2-4-6-5-3-1;1-2/h3-4,7H,5-6H2,1-2H3;1-5H;1-2H3. The molecule has 0 aliphatic carbocycles. The fourth-order valence-corrected chi connectivity index (χ4v) is 3.07. The topological polar surface area (TPSA) is 66.0 Å². The van der Waals surface area contributed by atoms with Gasteiger partial charge in [-0.05, 0) is 38.1 Å². The van der Waals surface area contributed by atoms with Gasteiger partial charge in [0.25, 0.3) is 0 Å². The first-order chi connectivity index (χ1) is 13.3. The number of pyridine rings is 1. The monoisotopic (exact) mass is 364 g/mol. The minimum Gasteiger partial charge on any atom is -0.489 e. The molecule has 0 fully saturated rings. The number of aryl methyl sites for hydroxylation is 2.